The molecule has 5 nitrogen and oxygen atoms in total. The quantitative estimate of drug-likeness (QED) is 0.244. The van der Waals surface area contributed by atoms with Gasteiger partial charge in [0.2, 0.25) is 0 Å². The Morgan fingerprint density at radius 1 is 1.11 bits per heavy atom. The van der Waals surface area contributed by atoms with Gasteiger partial charge in [-0.2, -0.15) is 5.26 Å². The van der Waals surface area contributed by atoms with Crippen molar-refractivity contribution in [1.82, 2.24) is 0 Å². The van der Waals surface area contributed by atoms with Crippen molar-refractivity contribution in [2.24, 2.45) is 0 Å². The number of hydrogen-bond acceptors (Lipinski definition) is 5. The highest BCUT2D eigenvalue weighted by Crippen LogP contribution is 1.93. The molecule has 0 N–H and O–H groups in total. The molecule has 0 aromatic rings. The van der Waals surface area contributed by atoms with Gasteiger partial charge in [0.15, 0.2) is 0 Å². The molecule has 0 aliphatic carbocycles. The Kier molecular flexibility index (Phi) is 12.6. The minimum atomic E-state index is -0.532. The molecule has 0 heterocycles. The van der Waals surface area contributed by atoms with Crippen LogP contribution in [0, 0.1) is 11.3 Å². The summed E-state index contributed by atoms with van der Waals surface area (Å²) in [4.78, 5) is 10.9. The van der Waals surface area contributed by atoms with Gasteiger partial charge in [-0.1, -0.05) is 19.8 Å². The molecule has 0 bridgehead atoms. The van der Waals surface area contributed by atoms with Gasteiger partial charge in [0.1, 0.15) is 6.61 Å². The molecule has 0 amide bonds. The number of ether oxygens (including phenoxy) is 3. The number of carbonyl (C=O) groups is 1. The number of hydrogen-bond donors (Lipinski definition) is 0. The first kappa shape index (κ1) is 16.6. The van der Waals surface area contributed by atoms with E-state index < -0.39 is 5.97 Å². The average molecular weight is 255 g/mol. The number of nitriles is 1. The van der Waals surface area contributed by atoms with E-state index in [1.54, 1.807) is 6.07 Å². The second-order valence-corrected chi connectivity index (χ2v) is 3.56. The molecule has 0 atom stereocenters. The van der Waals surface area contributed by atoms with Crippen molar-refractivity contribution in [3.05, 3.63) is 12.2 Å². The highest BCUT2D eigenvalue weighted by molar-refractivity contribution is 5.82. The molecule has 0 aromatic carbocycles. The highest BCUT2D eigenvalue weighted by Gasteiger charge is 1.96. The van der Waals surface area contributed by atoms with Gasteiger partial charge in [-0.05, 0) is 6.42 Å². The summed E-state index contributed by atoms with van der Waals surface area (Å²) < 4.78 is 15.3. The monoisotopic (exact) mass is 255 g/mol. The summed E-state index contributed by atoms with van der Waals surface area (Å²) in [6.07, 6.45) is 5.61. The van der Waals surface area contributed by atoms with Crippen molar-refractivity contribution in [1.29, 1.82) is 5.26 Å². The molecular weight excluding hydrogens is 234 g/mol. The smallest absolute Gasteiger partial charge is 0.331 e. The topological polar surface area (TPSA) is 68.6 Å². The summed E-state index contributed by atoms with van der Waals surface area (Å²) in [6, 6.07) is 1.71. The van der Waals surface area contributed by atoms with Crippen LogP contribution in [-0.4, -0.2) is 39.0 Å². The second-order valence-electron chi connectivity index (χ2n) is 3.56. The van der Waals surface area contributed by atoms with Crippen molar-refractivity contribution in [3.63, 3.8) is 0 Å². The maximum atomic E-state index is 10.9. The molecule has 0 radical (unpaired) electrons. The molecule has 0 saturated heterocycles. The van der Waals surface area contributed by atoms with E-state index in [-0.39, 0.29) is 6.61 Å². The lowest BCUT2D eigenvalue weighted by Crippen LogP contribution is -2.11. The summed E-state index contributed by atoms with van der Waals surface area (Å²) >= 11 is 0. The normalized spacial score (nSPS) is 10.4. The van der Waals surface area contributed by atoms with Gasteiger partial charge in [0.05, 0.1) is 25.9 Å². The minimum Gasteiger partial charge on any atom is -0.460 e. The van der Waals surface area contributed by atoms with Gasteiger partial charge < -0.3 is 14.2 Å². The Bertz CT molecular complexity index is 271. The molecule has 0 fully saturated rings. The first-order valence-corrected chi connectivity index (χ1v) is 6.19. The molecule has 0 aromatic heterocycles. The van der Waals surface area contributed by atoms with Gasteiger partial charge >= 0.3 is 5.97 Å². The van der Waals surface area contributed by atoms with Crippen LogP contribution in [0.15, 0.2) is 12.2 Å². The lowest BCUT2D eigenvalue weighted by atomic mass is 10.3. The van der Waals surface area contributed by atoms with Crippen molar-refractivity contribution in [2.75, 3.05) is 33.0 Å². The van der Waals surface area contributed by atoms with Crippen molar-refractivity contribution >= 4 is 5.97 Å². The van der Waals surface area contributed by atoms with E-state index >= 15 is 0 Å². The molecule has 5 heteroatoms. The minimum absolute atomic E-state index is 0.185. The number of carbonyl (C=O) groups excluding carboxylic acids is 1. The van der Waals surface area contributed by atoms with Crippen LogP contribution >= 0.6 is 0 Å². The van der Waals surface area contributed by atoms with E-state index in [0.29, 0.717) is 19.8 Å². The third kappa shape index (κ3) is 12.7. The van der Waals surface area contributed by atoms with Crippen LogP contribution in [0.1, 0.15) is 26.2 Å². The van der Waals surface area contributed by atoms with Gasteiger partial charge in [0.25, 0.3) is 0 Å². The van der Waals surface area contributed by atoms with Crippen LogP contribution in [-0.2, 0) is 19.0 Å². The molecule has 0 saturated carbocycles. The largest absolute Gasteiger partial charge is 0.460 e. The summed E-state index contributed by atoms with van der Waals surface area (Å²) in [5, 5.41) is 8.18. The van der Waals surface area contributed by atoms with Gasteiger partial charge in [0, 0.05) is 18.8 Å². The molecule has 0 aliphatic heterocycles. The number of unbranched alkanes of at least 4 members (excludes halogenated alkanes) is 2. The predicted octanol–water partition coefficient (Wildman–Crippen LogP) is 1.83. The van der Waals surface area contributed by atoms with Crippen LogP contribution in [0.2, 0.25) is 0 Å². The summed E-state index contributed by atoms with van der Waals surface area (Å²) in [6.45, 7) is 4.50. The fraction of sp³-hybridized carbons (Fsp3) is 0.692. The second kappa shape index (κ2) is 13.7. The van der Waals surface area contributed by atoms with Crippen molar-refractivity contribution < 1.29 is 19.0 Å². The van der Waals surface area contributed by atoms with Crippen LogP contribution in [0.4, 0.5) is 0 Å². The molecule has 0 rings (SSSR count). The lowest BCUT2D eigenvalue weighted by Gasteiger charge is -2.05. The third-order valence-corrected chi connectivity index (χ3v) is 2.03. The first-order chi connectivity index (χ1) is 8.81. The molecule has 102 valence electrons. The first-order valence-electron chi connectivity index (χ1n) is 6.19. The van der Waals surface area contributed by atoms with E-state index in [9.17, 15) is 4.79 Å². The summed E-state index contributed by atoms with van der Waals surface area (Å²) in [5.41, 5.74) is 0. The Labute approximate surface area is 108 Å². The molecule has 0 spiro atoms. The van der Waals surface area contributed by atoms with E-state index in [4.69, 9.17) is 19.5 Å². The van der Waals surface area contributed by atoms with E-state index in [1.165, 1.54) is 12.8 Å². The van der Waals surface area contributed by atoms with E-state index in [2.05, 4.69) is 6.92 Å². The zero-order valence-electron chi connectivity index (χ0n) is 10.9. The highest BCUT2D eigenvalue weighted by atomic mass is 16.6. The molecule has 0 unspecified atom stereocenters. The number of esters is 1. The van der Waals surface area contributed by atoms with Crippen molar-refractivity contribution in [2.45, 2.75) is 26.2 Å². The summed E-state index contributed by atoms with van der Waals surface area (Å²) in [7, 11) is 0. The Morgan fingerprint density at radius 2 is 1.78 bits per heavy atom. The number of rotatable bonds is 11. The van der Waals surface area contributed by atoms with E-state index in [1.807, 2.05) is 0 Å². The molecule has 18 heavy (non-hydrogen) atoms. The van der Waals surface area contributed by atoms with Crippen molar-refractivity contribution in [3.8, 4) is 6.07 Å². The van der Waals surface area contributed by atoms with Crippen LogP contribution in [0.5, 0.6) is 0 Å². The zero-order valence-corrected chi connectivity index (χ0v) is 10.9. The van der Waals surface area contributed by atoms with Gasteiger partial charge in [-0.3, -0.25) is 0 Å². The van der Waals surface area contributed by atoms with Crippen LogP contribution in [0.25, 0.3) is 0 Å². The predicted molar refractivity (Wildman–Crippen MR) is 66.9 cm³/mol. The number of nitrogens with zero attached hydrogens (tertiary/aromatic N) is 1. The average Bonchev–Trinajstić information content (AvgIpc) is 2.38. The fourth-order valence-electron chi connectivity index (χ4n) is 1.13. The SMILES string of the molecule is CCCCCOCCOCCOC(=O)C=CC#N. The van der Waals surface area contributed by atoms with Gasteiger partial charge in [-0.25, -0.2) is 4.79 Å². The van der Waals surface area contributed by atoms with Gasteiger partial charge in [-0.15, -0.1) is 0 Å². The lowest BCUT2D eigenvalue weighted by molar-refractivity contribution is -0.139. The molecular formula is C13H21NO4. The maximum absolute atomic E-state index is 10.9. The molecule has 0 aliphatic rings. The fourth-order valence-corrected chi connectivity index (χ4v) is 1.13. The van der Waals surface area contributed by atoms with Crippen LogP contribution in [0.3, 0.4) is 0 Å². The number of allylic oxidation sites excluding steroid dienone is 1. The Hall–Kier alpha value is -1.38. The standard InChI is InChI=1S/C13H21NO4/c1-2-3-4-8-16-9-10-17-11-12-18-13(15)6-5-7-14/h5-6H,2-4,8-12H2,1H3. The summed E-state index contributed by atoms with van der Waals surface area (Å²) in [5.74, 6) is -0.532. The van der Waals surface area contributed by atoms with E-state index in [0.717, 1.165) is 25.2 Å². The maximum Gasteiger partial charge on any atom is 0.331 e. The zero-order chi connectivity index (χ0) is 13.5. The van der Waals surface area contributed by atoms with Crippen LogP contribution < -0.4 is 0 Å². The Morgan fingerprint density at radius 3 is 2.44 bits per heavy atom. The third-order valence-electron chi connectivity index (χ3n) is 2.03. The Balaban J connectivity index is 3.14.